The number of rotatable bonds is 2. The number of ether oxygens (including phenoxy) is 1. The minimum atomic E-state index is -0.215. The van der Waals surface area contributed by atoms with Gasteiger partial charge in [0, 0.05) is 11.6 Å². The summed E-state index contributed by atoms with van der Waals surface area (Å²) in [5, 5.41) is 9.92. The molecule has 84 valence electrons. The average molecular weight is 209 g/mol. The summed E-state index contributed by atoms with van der Waals surface area (Å²) in [6.07, 6.45) is 0. The molecule has 1 atom stereocenters. The zero-order valence-corrected chi connectivity index (χ0v) is 9.74. The van der Waals surface area contributed by atoms with Gasteiger partial charge in [-0.25, -0.2) is 0 Å². The Morgan fingerprint density at radius 2 is 1.93 bits per heavy atom. The summed E-state index contributed by atoms with van der Waals surface area (Å²) in [7, 11) is 1.53. The molecule has 0 aliphatic heterocycles. The number of para-hydroxylation sites is 1. The van der Waals surface area contributed by atoms with Crippen molar-refractivity contribution in [3.05, 3.63) is 23.8 Å². The smallest absolute Gasteiger partial charge is 0.162 e. The van der Waals surface area contributed by atoms with Crippen LogP contribution in [0, 0.1) is 5.41 Å². The Morgan fingerprint density at radius 1 is 1.33 bits per heavy atom. The monoisotopic (exact) mass is 209 g/mol. The second-order valence-corrected chi connectivity index (χ2v) is 4.74. The summed E-state index contributed by atoms with van der Waals surface area (Å²) >= 11 is 0. The van der Waals surface area contributed by atoms with Crippen molar-refractivity contribution < 1.29 is 9.84 Å². The molecule has 0 saturated heterocycles. The highest BCUT2D eigenvalue weighted by Gasteiger charge is 2.25. The predicted molar refractivity (Wildman–Crippen MR) is 61.0 cm³/mol. The van der Waals surface area contributed by atoms with Gasteiger partial charge in [0.2, 0.25) is 0 Å². The van der Waals surface area contributed by atoms with E-state index in [1.807, 2.05) is 32.9 Å². The molecule has 0 spiro atoms. The number of phenolic OH excluding ortho intramolecular Hbond substituents is 1. The molecular weight excluding hydrogens is 190 g/mol. The molecule has 0 aliphatic rings. The molecule has 0 bridgehead atoms. The van der Waals surface area contributed by atoms with E-state index in [1.165, 1.54) is 7.11 Å². The molecule has 1 aromatic rings. The van der Waals surface area contributed by atoms with Gasteiger partial charge in [-0.05, 0) is 11.5 Å². The van der Waals surface area contributed by atoms with Crippen LogP contribution < -0.4 is 10.5 Å². The van der Waals surface area contributed by atoms with E-state index in [9.17, 15) is 5.11 Å². The molecule has 0 unspecified atom stereocenters. The van der Waals surface area contributed by atoms with Gasteiger partial charge in [-0.2, -0.15) is 0 Å². The molecule has 0 fully saturated rings. The lowest BCUT2D eigenvalue weighted by Crippen LogP contribution is -2.26. The Hall–Kier alpha value is -1.22. The number of hydrogen-bond donors (Lipinski definition) is 2. The maximum atomic E-state index is 9.92. The van der Waals surface area contributed by atoms with Crippen molar-refractivity contribution in [2.24, 2.45) is 11.1 Å². The van der Waals surface area contributed by atoms with Crippen LogP contribution in [-0.4, -0.2) is 12.2 Å². The third kappa shape index (κ3) is 2.42. The second kappa shape index (κ2) is 4.11. The van der Waals surface area contributed by atoms with Gasteiger partial charge < -0.3 is 15.6 Å². The molecule has 0 heterocycles. The van der Waals surface area contributed by atoms with Crippen molar-refractivity contribution in [3.8, 4) is 11.5 Å². The highest BCUT2D eigenvalue weighted by molar-refractivity contribution is 5.47. The first kappa shape index (κ1) is 11.9. The van der Waals surface area contributed by atoms with Crippen LogP contribution in [0.25, 0.3) is 0 Å². The third-order valence-electron chi connectivity index (χ3n) is 2.52. The first-order valence-electron chi connectivity index (χ1n) is 4.99. The Kier molecular flexibility index (Phi) is 3.25. The van der Waals surface area contributed by atoms with Crippen LogP contribution in [0.3, 0.4) is 0 Å². The fourth-order valence-corrected chi connectivity index (χ4v) is 1.42. The van der Waals surface area contributed by atoms with Gasteiger partial charge in [0.15, 0.2) is 11.5 Å². The van der Waals surface area contributed by atoms with E-state index in [0.29, 0.717) is 5.75 Å². The fraction of sp³-hybridized carbons (Fsp3) is 0.500. The normalized spacial score (nSPS) is 13.7. The highest BCUT2D eigenvalue weighted by atomic mass is 16.5. The number of phenols is 1. The van der Waals surface area contributed by atoms with Gasteiger partial charge in [-0.15, -0.1) is 0 Å². The molecular formula is C12H19NO2. The SMILES string of the molecule is COc1cccc([C@H](N)C(C)(C)C)c1O. The zero-order valence-electron chi connectivity index (χ0n) is 9.74. The van der Waals surface area contributed by atoms with Crippen LogP contribution in [-0.2, 0) is 0 Å². The summed E-state index contributed by atoms with van der Waals surface area (Å²) in [4.78, 5) is 0. The number of hydrogen-bond acceptors (Lipinski definition) is 3. The Bertz CT molecular complexity index is 342. The molecule has 0 aliphatic carbocycles. The number of aromatic hydroxyl groups is 1. The molecule has 0 amide bonds. The molecule has 15 heavy (non-hydrogen) atoms. The topological polar surface area (TPSA) is 55.5 Å². The quantitative estimate of drug-likeness (QED) is 0.786. The summed E-state index contributed by atoms with van der Waals surface area (Å²) in [5.74, 6) is 0.606. The van der Waals surface area contributed by atoms with Crippen molar-refractivity contribution >= 4 is 0 Å². The lowest BCUT2D eigenvalue weighted by atomic mass is 9.82. The third-order valence-corrected chi connectivity index (χ3v) is 2.52. The van der Waals surface area contributed by atoms with Gasteiger partial charge >= 0.3 is 0 Å². The van der Waals surface area contributed by atoms with Crippen LogP contribution in [0.15, 0.2) is 18.2 Å². The first-order chi connectivity index (χ1) is 6.88. The molecule has 3 N–H and O–H groups in total. The Labute approximate surface area is 90.9 Å². The summed E-state index contributed by atoms with van der Waals surface area (Å²) < 4.78 is 5.04. The van der Waals surface area contributed by atoms with E-state index < -0.39 is 0 Å². The largest absolute Gasteiger partial charge is 0.504 e. The van der Waals surface area contributed by atoms with Crippen molar-refractivity contribution in [1.29, 1.82) is 0 Å². The van der Waals surface area contributed by atoms with E-state index in [-0.39, 0.29) is 17.2 Å². The summed E-state index contributed by atoms with van der Waals surface area (Å²) in [6.45, 7) is 6.11. The van der Waals surface area contributed by atoms with Gasteiger partial charge in [-0.3, -0.25) is 0 Å². The van der Waals surface area contributed by atoms with E-state index in [4.69, 9.17) is 10.5 Å². The van der Waals surface area contributed by atoms with E-state index in [1.54, 1.807) is 6.07 Å². The standard InChI is InChI=1S/C12H19NO2/c1-12(2,3)11(13)8-6-5-7-9(15-4)10(8)14/h5-7,11,14H,13H2,1-4H3/t11-/m0/s1. The van der Waals surface area contributed by atoms with Crippen LogP contribution in [0.2, 0.25) is 0 Å². The fourth-order valence-electron chi connectivity index (χ4n) is 1.42. The summed E-state index contributed by atoms with van der Waals surface area (Å²) in [6, 6.07) is 5.16. The van der Waals surface area contributed by atoms with Gasteiger partial charge in [-0.1, -0.05) is 32.9 Å². The molecule has 0 aromatic heterocycles. The van der Waals surface area contributed by atoms with Crippen LogP contribution >= 0.6 is 0 Å². The van der Waals surface area contributed by atoms with Crippen molar-refractivity contribution in [2.45, 2.75) is 26.8 Å². The van der Waals surface area contributed by atoms with E-state index >= 15 is 0 Å². The number of nitrogens with two attached hydrogens (primary N) is 1. The number of benzene rings is 1. The molecule has 0 radical (unpaired) electrons. The zero-order chi connectivity index (χ0) is 11.6. The van der Waals surface area contributed by atoms with Crippen LogP contribution in [0.1, 0.15) is 32.4 Å². The van der Waals surface area contributed by atoms with Crippen LogP contribution in [0.4, 0.5) is 0 Å². The van der Waals surface area contributed by atoms with Crippen molar-refractivity contribution in [1.82, 2.24) is 0 Å². The maximum absolute atomic E-state index is 9.92. The number of methoxy groups -OCH3 is 1. The van der Waals surface area contributed by atoms with E-state index in [0.717, 1.165) is 5.56 Å². The molecule has 3 heteroatoms. The lowest BCUT2D eigenvalue weighted by Gasteiger charge is -2.28. The Morgan fingerprint density at radius 3 is 2.40 bits per heavy atom. The molecule has 0 saturated carbocycles. The Balaban J connectivity index is 3.15. The minimum absolute atomic E-state index is 0.0934. The first-order valence-corrected chi connectivity index (χ1v) is 4.99. The second-order valence-electron chi connectivity index (χ2n) is 4.74. The van der Waals surface area contributed by atoms with Crippen LogP contribution in [0.5, 0.6) is 11.5 Å². The molecule has 3 nitrogen and oxygen atoms in total. The lowest BCUT2D eigenvalue weighted by molar-refractivity contribution is 0.311. The van der Waals surface area contributed by atoms with Crippen molar-refractivity contribution in [3.63, 3.8) is 0 Å². The minimum Gasteiger partial charge on any atom is -0.504 e. The van der Waals surface area contributed by atoms with Crippen molar-refractivity contribution in [2.75, 3.05) is 7.11 Å². The maximum Gasteiger partial charge on any atom is 0.162 e. The summed E-state index contributed by atoms with van der Waals surface area (Å²) in [5.41, 5.74) is 6.71. The van der Waals surface area contributed by atoms with Gasteiger partial charge in [0.25, 0.3) is 0 Å². The van der Waals surface area contributed by atoms with Gasteiger partial charge in [0.05, 0.1) is 7.11 Å². The average Bonchev–Trinajstić information content (AvgIpc) is 2.16. The van der Waals surface area contributed by atoms with Gasteiger partial charge in [0.1, 0.15) is 0 Å². The molecule has 1 rings (SSSR count). The van der Waals surface area contributed by atoms with E-state index in [2.05, 4.69) is 0 Å². The molecule has 1 aromatic carbocycles. The predicted octanol–water partition coefficient (Wildman–Crippen LogP) is 2.45. The highest BCUT2D eigenvalue weighted by Crippen LogP contribution is 2.39.